The third-order valence-corrected chi connectivity index (χ3v) is 4.04. The molecule has 4 aromatic rings. The molecule has 7 nitrogen and oxygen atoms in total. The van der Waals surface area contributed by atoms with Gasteiger partial charge in [-0.1, -0.05) is 12.1 Å². The molecule has 0 aliphatic rings. The number of fused-ring (bicyclic) bond motifs is 1. The Morgan fingerprint density at radius 2 is 1.64 bits per heavy atom. The van der Waals surface area contributed by atoms with Crippen LogP contribution >= 0.6 is 0 Å². The molecule has 0 atom stereocenters. The number of nitrogens with zero attached hydrogens (tertiary/aromatic N) is 2. The molecular formula is C19H14F2N6O. The number of pyridine rings is 1. The molecule has 0 bridgehead atoms. The van der Waals surface area contributed by atoms with E-state index in [0.29, 0.717) is 22.6 Å². The summed E-state index contributed by atoms with van der Waals surface area (Å²) in [7, 11) is 0. The minimum atomic E-state index is -0.778. The first-order valence-electron chi connectivity index (χ1n) is 8.23. The summed E-state index contributed by atoms with van der Waals surface area (Å²) in [6, 6.07) is 10.8. The summed E-state index contributed by atoms with van der Waals surface area (Å²) >= 11 is 0. The SMILES string of the molecule is Nc1n[nH]c2ccnc(-c3ccc(NC(=O)Nc4cc(F)cc(F)c4)cc3)c12. The highest BCUT2D eigenvalue weighted by molar-refractivity contribution is 6.01. The van der Waals surface area contributed by atoms with Gasteiger partial charge in [0.25, 0.3) is 0 Å². The topological polar surface area (TPSA) is 109 Å². The Morgan fingerprint density at radius 1 is 0.964 bits per heavy atom. The van der Waals surface area contributed by atoms with E-state index in [9.17, 15) is 13.6 Å². The predicted molar refractivity (Wildman–Crippen MR) is 103 cm³/mol. The fourth-order valence-electron chi connectivity index (χ4n) is 2.84. The number of rotatable bonds is 3. The maximum Gasteiger partial charge on any atom is 0.323 e. The van der Waals surface area contributed by atoms with Crippen LogP contribution in [-0.2, 0) is 0 Å². The number of urea groups is 1. The van der Waals surface area contributed by atoms with Gasteiger partial charge in [0.1, 0.15) is 11.6 Å². The van der Waals surface area contributed by atoms with Gasteiger partial charge in [-0.15, -0.1) is 0 Å². The lowest BCUT2D eigenvalue weighted by atomic mass is 10.1. The summed E-state index contributed by atoms with van der Waals surface area (Å²) in [6.45, 7) is 0. The Morgan fingerprint density at radius 3 is 2.36 bits per heavy atom. The molecule has 9 heteroatoms. The van der Waals surface area contributed by atoms with Gasteiger partial charge in [-0.2, -0.15) is 5.10 Å². The highest BCUT2D eigenvalue weighted by Crippen LogP contribution is 2.29. The molecule has 0 radical (unpaired) electrons. The molecule has 4 rings (SSSR count). The number of H-pyrrole nitrogens is 1. The number of nitrogens with one attached hydrogen (secondary N) is 3. The van der Waals surface area contributed by atoms with E-state index in [2.05, 4.69) is 25.8 Å². The Balaban J connectivity index is 1.51. The highest BCUT2D eigenvalue weighted by atomic mass is 19.1. The Labute approximate surface area is 157 Å². The number of halogens is 2. The molecule has 2 amide bonds. The van der Waals surface area contributed by atoms with Crippen molar-refractivity contribution in [3.05, 3.63) is 66.4 Å². The molecule has 5 N–H and O–H groups in total. The van der Waals surface area contributed by atoms with Crippen molar-refractivity contribution in [3.63, 3.8) is 0 Å². The number of aromatic amines is 1. The maximum atomic E-state index is 13.2. The normalized spacial score (nSPS) is 10.8. The average molecular weight is 380 g/mol. The molecule has 0 saturated carbocycles. The summed E-state index contributed by atoms with van der Waals surface area (Å²) in [5.74, 6) is -1.21. The Hall–Kier alpha value is -4.01. The van der Waals surface area contributed by atoms with Crippen LogP contribution in [0.15, 0.2) is 54.7 Å². The van der Waals surface area contributed by atoms with Crippen LogP contribution in [0.3, 0.4) is 0 Å². The van der Waals surface area contributed by atoms with E-state index in [-0.39, 0.29) is 5.69 Å². The van der Waals surface area contributed by atoms with Gasteiger partial charge in [0, 0.05) is 29.2 Å². The molecule has 0 spiro atoms. The van der Waals surface area contributed by atoms with E-state index in [1.54, 1.807) is 36.5 Å². The van der Waals surface area contributed by atoms with Gasteiger partial charge in [-0.25, -0.2) is 13.6 Å². The molecule has 0 aliphatic heterocycles. The molecule has 0 saturated heterocycles. The fraction of sp³-hybridized carbons (Fsp3) is 0. The number of hydrogen-bond acceptors (Lipinski definition) is 4. The second-order valence-corrected chi connectivity index (χ2v) is 6.01. The van der Waals surface area contributed by atoms with Gasteiger partial charge in [0.15, 0.2) is 5.82 Å². The van der Waals surface area contributed by atoms with Crippen LogP contribution in [0.2, 0.25) is 0 Å². The van der Waals surface area contributed by atoms with E-state index in [4.69, 9.17) is 5.73 Å². The molecule has 28 heavy (non-hydrogen) atoms. The number of nitrogen functional groups attached to an aromatic ring is 1. The molecular weight excluding hydrogens is 366 g/mol. The average Bonchev–Trinajstić information content (AvgIpc) is 3.03. The minimum absolute atomic E-state index is 0.0120. The van der Waals surface area contributed by atoms with Gasteiger partial charge in [0.2, 0.25) is 0 Å². The van der Waals surface area contributed by atoms with Crippen LogP contribution in [0.25, 0.3) is 22.2 Å². The summed E-state index contributed by atoms with van der Waals surface area (Å²) in [5, 5.41) is 12.5. The van der Waals surface area contributed by atoms with Gasteiger partial charge in [0.05, 0.1) is 16.6 Å². The second-order valence-electron chi connectivity index (χ2n) is 6.01. The zero-order chi connectivity index (χ0) is 19.7. The van der Waals surface area contributed by atoms with Crippen molar-refractivity contribution in [2.24, 2.45) is 0 Å². The third-order valence-electron chi connectivity index (χ3n) is 4.04. The first-order valence-corrected chi connectivity index (χ1v) is 8.23. The Kier molecular flexibility index (Phi) is 4.32. The van der Waals surface area contributed by atoms with Gasteiger partial charge >= 0.3 is 6.03 Å². The summed E-state index contributed by atoms with van der Waals surface area (Å²) in [6.07, 6.45) is 1.65. The second kappa shape index (κ2) is 6.95. The lowest BCUT2D eigenvalue weighted by Gasteiger charge is -2.09. The van der Waals surface area contributed by atoms with Crippen LogP contribution in [0.5, 0.6) is 0 Å². The number of amides is 2. The number of carbonyl (C=O) groups is 1. The fourth-order valence-corrected chi connectivity index (χ4v) is 2.84. The largest absolute Gasteiger partial charge is 0.382 e. The number of carbonyl (C=O) groups excluding carboxylic acids is 1. The lowest BCUT2D eigenvalue weighted by molar-refractivity contribution is 0.262. The van der Waals surface area contributed by atoms with E-state index in [1.807, 2.05) is 0 Å². The Bertz CT molecular complexity index is 1150. The van der Waals surface area contributed by atoms with Crippen LogP contribution in [0.1, 0.15) is 0 Å². The van der Waals surface area contributed by atoms with Gasteiger partial charge in [-0.05, 0) is 30.3 Å². The number of hydrogen-bond donors (Lipinski definition) is 4. The maximum absolute atomic E-state index is 13.2. The summed E-state index contributed by atoms with van der Waals surface area (Å²) in [4.78, 5) is 16.4. The molecule has 2 heterocycles. The van der Waals surface area contributed by atoms with Crippen LogP contribution < -0.4 is 16.4 Å². The van der Waals surface area contributed by atoms with E-state index in [1.165, 1.54) is 0 Å². The van der Waals surface area contributed by atoms with E-state index in [0.717, 1.165) is 29.3 Å². The van der Waals surface area contributed by atoms with Gasteiger partial charge in [-0.3, -0.25) is 10.1 Å². The monoisotopic (exact) mass is 380 g/mol. The number of aromatic nitrogens is 3. The zero-order valence-corrected chi connectivity index (χ0v) is 14.3. The molecule has 2 aromatic carbocycles. The standard InChI is InChI=1S/C19H14F2N6O/c20-11-7-12(21)9-14(8-11)25-19(28)24-13-3-1-10(2-4-13)17-16-15(5-6-23-17)26-27-18(16)22/h1-9H,(H3,22,26,27)(H2,24,25,28). The first kappa shape index (κ1) is 17.4. The van der Waals surface area contributed by atoms with Crippen LogP contribution in [0.4, 0.5) is 30.8 Å². The molecule has 2 aromatic heterocycles. The smallest absolute Gasteiger partial charge is 0.323 e. The zero-order valence-electron chi connectivity index (χ0n) is 14.3. The number of nitrogens with two attached hydrogens (primary N) is 1. The first-order chi connectivity index (χ1) is 13.5. The molecule has 0 aliphatic carbocycles. The van der Waals surface area contributed by atoms with Crippen molar-refractivity contribution in [3.8, 4) is 11.3 Å². The quantitative estimate of drug-likeness (QED) is 0.428. The van der Waals surface area contributed by atoms with Crippen molar-refractivity contribution in [1.82, 2.24) is 15.2 Å². The van der Waals surface area contributed by atoms with Crippen LogP contribution in [0, 0.1) is 11.6 Å². The van der Waals surface area contributed by atoms with Crippen molar-refractivity contribution in [1.29, 1.82) is 0 Å². The third kappa shape index (κ3) is 3.45. The van der Waals surface area contributed by atoms with Crippen molar-refractivity contribution in [2.75, 3.05) is 16.4 Å². The van der Waals surface area contributed by atoms with Crippen LogP contribution in [-0.4, -0.2) is 21.2 Å². The van der Waals surface area contributed by atoms with Crippen molar-refractivity contribution >= 4 is 34.1 Å². The minimum Gasteiger partial charge on any atom is -0.382 e. The summed E-state index contributed by atoms with van der Waals surface area (Å²) in [5.41, 5.74) is 8.63. The lowest BCUT2D eigenvalue weighted by Crippen LogP contribution is -2.19. The van der Waals surface area contributed by atoms with E-state index < -0.39 is 17.7 Å². The number of benzene rings is 2. The van der Waals surface area contributed by atoms with Gasteiger partial charge < -0.3 is 16.4 Å². The van der Waals surface area contributed by atoms with E-state index >= 15 is 0 Å². The highest BCUT2D eigenvalue weighted by Gasteiger charge is 2.11. The van der Waals surface area contributed by atoms with Crippen molar-refractivity contribution < 1.29 is 13.6 Å². The molecule has 0 unspecified atom stereocenters. The molecule has 140 valence electrons. The number of anilines is 3. The summed E-state index contributed by atoms with van der Waals surface area (Å²) < 4.78 is 26.4. The predicted octanol–water partition coefficient (Wildman–Crippen LogP) is 4.13. The molecule has 0 fully saturated rings. The van der Waals surface area contributed by atoms with Crippen molar-refractivity contribution in [2.45, 2.75) is 0 Å².